The zero-order valence-corrected chi connectivity index (χ0v) is 17.4. The standard InChI is InChI=1S/C22H26FNO4S/c1-27-12-15-20-16(23)8-4-10-18(20)29-21(15)22(26)28-13-19(25)24-11-5-7-14-6-2-3-9-17(14)24/h4,8,10,14,17H,2-3,5-7,9,11-13H2,1H3/t14-,17+/m1/s1. The molecule has 4 rings (SSSR count). The summed E-state index contributed by atoms with van der Waals surface area (Å²) in [6.07, 6.45) is 6.80. The third-order valence-corrected chi connectivity index (χ3v) is 7.30. The highest BCUT2D eigenvalue weighted by atomic mass is 32.1. The Morgan fingerprint density at radius 1 is 1.21 bits per heavy atom. The maximum atomic E-state index is 14.3. The highest BCUT2D eigenvalue weighted by Gasteiger charge is 2.36. The summed E-state index contributed by atoms with van der Waals surface area (Å²) in [5, 5.41) is 0.388. The van der Waals surface area contributed by atoms with Crippen LogP contribution < -0.4 is 0 Å². The first-order valence-corrected chi connectivity index (χ1v) is 11.1. The predicted molar refractivity (Wildman–Crippen MR) is 109 cm³/mol. The van der Waals surface area contributed by atoms with Gasteiger partial charge in [-0.15, -0.1) is 11.3 Å². The maximum Gasteiger partial charge on any atom is 0.349 e. The molecule has 0 spiro atoms. The molecule has 2 atom stereocenters. The van der Waals surface area contributed by atoms with E-state index >= 15 is 0 Å². The molecule has 5 nitrogen and oxygen atoms in total. The molecule has 1 aromatic carbocycles. The van der Waals surface area contributed by atoms with E-state index in [9.17, 15) is 14.0 Å². The van der Waals surface area contributed by atoms with E-state index < -0.39 is 11.8 Å². The van der Waals surface area contributed by atoms with Crippen LogP contribution in [0.1, 0.15) is 53.8 Å². The SMILES string of the molecule is COCc1c(C(=O)OCC(=O)N2CCC[C@H]3CCCC[C@@H]32)sc2cccc(F)c12. The Morgan fingerprint density at radius 3 is 2.83 bits per heavy atom. The molecule has 156 valence electrons. The zero-order chi connectivity index (χ0) is 20.4. The Morgan fingerprint density at radius 2 is 2.00 bits per heavy atom. The number of likely N-dealkylation sites (tertiary alicyclic amines) is 1. The average molecular weight is 420 g/mol. The first kappa shape index (κ1) is 20.3. The van der Waals surface area contributed by atoms with Gasteiger partial charge in [0, 0.05) is 35.3 Å². The van der Waals surface area contributed by atoms with Crippen LogP contribution in [0.25, 0.3) is 10.1 Å². The van der Waals surface area contributed by atoms with Crippen molar-refractivity contribution in [2.45, 2.75) is 51.2 Å². The van der Waals surface area contributed by atoms with Crippen LogP contribution in [-0.2, 0) is 20.9 Å². The number of carbonyl (C=O) groups is 2. The average Bonchev–Trinajstić information content (AvgIpc) is 3.11. The van der Waals surface area contributed by atoms with E-state index in [2.05, 4.69) is 0 Å². The molecule has 0 N–H and O–H groups in total. The van der Waals surface area contributed by atoms with Crippen LogP contribution in [0.2, 0.25) is 0 Å². The number of amides is 1. The first-order chi connectivity index (χ1) is 14.1. The minimum Gasteiger partial charge on any atom is -0.451 e. The number of esters is 1. The maximum absolute atomic E-state index is 14.3. The number of halogens is 1. The number of fused-ring (bicyclic) bond motifs is 2. The number of benzene rings is 1. The van der Waals surface area contributed by atoms with Crippen LogP contribution in [0.15, 0.2) is 18.2 Å². The second kappa shape index (κ2) is 8.79. The molecule has 1 aliphatic carbocycles. The summed E-state index contributed by atoms with van der Waals surface area (Å²) < 4.78 is 25.5. The minimum absolute atomic E-state index is 0.106. The lowest BCUT2D eigenvalue weighted by Crippen LogP contribution is -2.50. The van der Waals surface area contributed by atoms with E-state index in [1.165, 1.54) is 43.8 Å². The molecule has 0 bridgehead atoms. The van der Waals surface area contributed by atoms with Crippen molar-refractivity contribution < 1.29 is 23.5 Å². The number of ether oxygens (including phenoxy) is 2. The third kappa shape index (κ3) is 4.03. The van der Waals surface area contributed by atoms with Crippen molar-refractivity contribution in [3.05, 3.63) is 34.5 Å². The minimum atomic E-state index is -0.594. The van der Waals surface area contributed by atoms with Gasteiger partial charge in [-0.25, -0.2) is 9.18 Å². The molecule has 1 aromatic heterocycles. The molecular formula is C22H26FNO4S. The largest absolute Gasteiger partial charge is 0.451 e. The van der Waals surface area contributed by atoms with Gasteiger partial charge >= 0.3 is 5.97 Å². The fraction of sp³-hybridized carbons (Fsp3) is 0.545. The number of methoxy groups -OCH3 is 1. The fourth-order valence-electron chi connectivity index (χ4n) is 4.82. The van der Waals surface area contributed by atoms with Crippen LogP contribution in [0, 0.1) is 11.7 Å². The molecule has 2 fully saturated rings. The summed E-state index contributed by atoms with van der Waals surface area (Å²) >= 11 is 1.17. The van der Waals surface area contributed by atoms with Crippen molar-refractivity contribution in [1.29, 1.82) is 0 Å². The van der Waals surface area contributed by atoms with Gasteiger partial charge in [-0.3, -0.25) is 4.79 Å². The number of hydrogen-bond donors (Lipinski definition) is 0. The zero-order valence-electron chi connectivity index (χ0n) is 16.6. The van der Waals surface area contributed by atoms with E-state index in [4.69, 9.17) is 9.47 Å². The molecule has 0 radical (unpaired) electrons. The Kier molecular flexibility index (Phi) is 6.15. The second-order valence-electron chi connectivity index (χ2n) is 7.87. The van der Waals surface area contributed by atoms with Gasteiger partial charge in [0.05, 0.1) is 6.61 Å². The summed E-state index contributed by atoms with van der Waals surface area (Å²) in [7, 11) is 1.50. The molecule has 1 amide bonds. The summed E-state index contributed by atoms with van der Waals surface area (Å²) in [5.41, 5.74) is 0.480. The van der Waals surface area contributed by atoms with Crippen LogP contribution in [0.3, 0.4) is 0 Å². The molecule has 1 saturated carbocycles. The smallest absolute Gasteiger partial charge is 0.349 e. The van der Waals surface area contributed by atoms with Crippen LogP contribution in [-0.4, -0.2) is 43.1 Å². The van der Waals surface area contributed by atoms with Crippen molar-refractivity contribution in [2.24, 2.45) is 5.92 Å². The molecule has 2 aliphatic rings. The summed E-state index contributed by atoms with van der Waals surface area (Å²) in [6, 6.07) is 5.02. The molecule has 7 heteroatoms. The topological polar surface area (TPSA) is 55.8 Å². The number of rotatable bonds is 5. The predicted octanol–water partition coefficient (Wildman–Crippen LogP) is 4.52. The summed E-state index contributed by atoms with van der Waals surface area (Å²) in [5.74, 6) is -0.535. The Hall–Kier alpha value is -1.99. The van der Waals surface area contributed by atoms with Gasteiger partial charge < -0.3 is 14.4 Å². The number of hydrogen-bond acceptors (Lipinski definition) is 5. The molecule has 29 heavy (non-hydrogen) atoms. The Bertz CT molecular complexity index is 910. The molecule has 2 aromatic rings. The number of thiophene rings is 1. The van der Waals surface area contributed by atoms with Crippen molar-refractivity contribution in [2.75, 3.05) is 20.3 Å². The lowest BCUT2D eigenvalue weighted by Gasteiger charge is -2.44. The lowest BCUT2D eigenvalue weighted by molar-refractivity contribution is -0.140. The van der Waals surface area contributed by atoms with E-state index in [1.807, 2.05) is 4.90 Å². The van der Waals surface area contributed by atoms with Crippen molar-refractivity contribution >= 4 is 33.3 Å². The number of piperidine rings is 1. The monoisotopic (exact) mass is 419 g/mol. The van der Waals surface area contributed by atoms with E-state index in [0.29, 0.717) is 26.4 Å². The van der Waals surface area contributed by atoms with Crippen molar-refractivity contribution in [3.63, 3.8) is 0 Å². The lowest BCUT2D eigenvalue weighted by atomic mass is 9.78. The highest BCUT2D eigenvalue weighted by molar-refractivity contribution is 7.21. The molecular weight excluding hydrogens is 393 g/mol. The quantitative estimate of drug-likeness (QED) is 0.669. The van der Waals surface area contributed by atoms with Gasteiger partial charge in [-0.05, 0) is 43.7 Å². The highest BCUT2D eigenvalue weighted by Crippen LogP contribution is 2.36. The van der Waals surface area contributed by atoms with Crippen LogP contribution in [0.4, 0.5) is 4.39 Å². The van der Waals surface area contributed by atoms with Gasteiger partial charge in [0.15, 0.2) is 6.61 Å². The van der Waals surface area contributed by atoms with Gasteiger partial charge in [0.25, 0.3) is 5.91 Å². The summed E-state index contributed by atoms with van der Waals surface area (Å²) in [4.78, 5) is 27.7. The number of carbonyl (C=O) groups excluding carboxylic acids is 2. The van der Waals surface area contributed by atoms with E-state index in [0.717, 1.165) is 25.8 Å². The molecule has 1 saturated heterocycles. The molecule has 1 aliphatic heterocycles. The van der Waals surface area contributed by atoms with Gasteiger partial charge in [0.1, 0.15) is 10.7 Å². The van der Waals surface area contributed by atoms with E-state index in [1.54, 1.807) is 12.1 Å². The second-order valence-corrected chi connectivity index (χ2v) is 8.93. The van der Waals surface area contributed by atoms with Crippen LogP contribution in [0.5, 0.6) is 0 Å². The normalized spacial score (nSPS) is 21.8. The third-order valence-electron chi connectivity index (χ3n) is 6.13. The van der Waals surface area contributed by atoms with Gasteiger partial charge in [-0.1, -0.05) is 18.9 Å². The van der Waals surface area contributed by atoms with Crippen molar-refractivity contribution in [3.8, 4) is 0 Å². The van der Waals surface area contributed by atoms with E-state index in [-0.39, 0.29) is 25.2 Å². The Labute approximate surface area is 173 Å². The Balaban J connectivity index is 1.47. The first-order valence-electron chi connectivity index (χ1n) is 10.3. The molecule has 2 heterocycles. The molecule has 0 unspecified atom stereocenters. The van der Waals surface area contributed by atoms with Crippen LogP contribution >= 0.6 is 11.3 Å². The van der Waals surface area contributed by atoms with Crippen molar-refractivity contribution in [1.82, 2.24) is 4.90 Å². The fourth-order valence-corrected chi connectivity index (χ4v) is 5.94. The summed E-state index contributed by atoms with van der Waals surface area (Å²) in [6.45, 7) is 0.570. The number of nitrogens with zero attached hydrogens (tertiary/aromatic N) is 1. The van der Waals surface area contributed by atoms with Gasteiger partial charge in [0.2, 0.25) is 0 Å². The van der Waals surface area contributed by atoms with Gasteiger partial charge in [-0.2, -0.15) is 0 Å².